The van der Waals surface area contributed by atoms with Crippen LogP contribution < -0.4 is 5.32 Å². The molecule has 160 valence electrons. The van der Waals surface area contributed by atoms with Crippen molar-refractivity contribution in [3.05, 3.63) is 29.5 Å². The van der Waals surface area contributed by atoms with Gasteiger partial charge in [-0.1, -0.05) is 40.5 Å². The molecule has 29 heavy (non-hydrogen) atoms. The van der Waals surface area contributed by atoms with E-state index in [1.165, 1.54) is 10.7 Å². The summed E-state index contributed by atoms with van der Waals surface area (Å²) in [5, 5.41) is 3.80. The lowest BCUT2D eigenvalue weighted by atomic mass is 9.78. The van der Waals surface area contributed by atoms with Crippen LogP contribution >= 0.6 is 0 Å². The van der Waals surface area contributed by atoms with Gasteiger partial charge in [0.15, 0.2) is 5.76 Å². The Morgan fingerprint density at radius 1 is 1.21 bits per heavy atom. The van der Waals surface area contributed by atoms with E-state index in [2.05, 4.69) is 19.2 Å². The summed E-state index contributed by atoms with van der Waals surface area (Å²) in [7, 11) is -3.57. The van der Waals surface area contributed by atoms with Crippen molar-refractivity contribution >= 4 is 26.9 Å². The second-order valence-corrected chi connectivity index (χ2v) is 10.1. The fourth-order valence-corrected chi connectivity index (χ4v) is 5.79. The van der Waals surface area contributed by atoms with Crippen LogP contribution in [-0.2, 0) is 10.0 Å². The summed E-state index contributed by atoms with van der Waals surface area (Å²) in [5.41, 5.74) is 1.20. The molecular weight excluding hydrogens is 388 g/mol. The van der Waals surface area contributed by atoms with E-state index < -0.39 is 10.0 Å². The first-order valence-corrected chi connectivity index (χ1v) is 12.0. The van der Waals surface area contributed by atoms with Crippen LogP contribution in [0.2, 0.25) is 0 Å². The average molecular weight is 421 g/mol. The van der Waals surface area contributed by atoms with Crippen molar-refractivity contribution in [2.45, 2.75) is 64.8 Å². The normalized spacial score (nSPS) is 22.9. The van der Waals surface area contributed by atoms with E-state index in [1.54, 1.807) is 18.2 Å². The highest BCUT2D eigenvalue weighted by Gasteiger charge is 2.30. The lowest BCUT2D eigenvalue weighted by Gasteiger charge is -2.34. The molecule has 0 saturated heterocycles. The van der Waals surface area contributed by atoms with Gasteiger partial charge in [0.05, 0.1) is 4.90 Å². The molecule has 3 rings (SSSR count). The molecule has 3 atom stereocenters. The number of hydrogen-bond acceptors (Lipinski definition) is 4. The summed E-state index contributed by atoms with van der Waals surface area (Å²) in [6.07, 6.45) is 3.28. The zero-order valence-electron chi connectivity index (χ0n) is 18.0. The van der Waals surface area contributed by atoms with Crippen molar-refractivity contribution in [2.24, 2.45) is 11.8 Å². The van der Waals surface area contributed by atoms with E-state index in [0.29, 0.717) is 41.5 Å². The second kappa shape index (κ2) is 8.48. The van der Waals surface area contributed by atoms with Gasteiger partial charge in [0.1, 0.15) is 5.58 Å². The van der Waals surface area contributed by atoms with E-state index >= 15 is 0 Å². The highest BCUT2D eigenvalue weighted by Crippen LogP contribution is 2.31. The number of benzene rings is 1. The maximum absolute atomic E-state index is 12.9. The number of rotatable bonds is 6. The van der Waals surface area contributed by atoms with Crippen LogP contribution in [0.15, 0.2) is 27.5 Å². The minimum atomic E-state index is -3.57. The van der Waals surface area contributed by atoms with Gasteiger partial charge in [-0.15, -0.1) is 0 Å². The molecule has 1 aliphatic carbocycles. The van der Waals surface area contributed by atoms with Gasteiger partial charge < -0.3 is 9.73 Å². The molecule has 0 bridgehead atoms. The maximum Gasteiger partial charge on any atom is 0.287 e. The standard InChI is InChI=1S/C22H32N2O4S/c1-6-24(7-2)29(26,27)17-11-12-20-18(13-17)16(5)21(28-20)22(25)23-19-10-8-9-14(3)15(19)4/h11-15,19H,6-10H2,1-5H3,(H,23,25)/t14-,15-,19-/m1/s1. The largest absolute Gasteiger partial charge is 0.451 e. The van der Waals surface area contributed by atoms with Crippen LogP contribution in [0.4, 0.5) is 0 Å². The number of carbonyl (C=O) groups excluding carboxylic acids is 1. The molecule has 1 saturated carbocycles. The molecule has 1 aromatic heterocycles. The summed E-state index contributed by atoms with van der Waals surface area (Å²) in [4.78, 5) is 13.1. The van der Waals surface area contributed by atoms with Crippen molar-refractivity contribution < 1.29 is 17.6 Å². The number of hydrogen-bond donors (Lipinski definition) is 1. The highest BCUT2D eigenvalue weighted by molar-refractivity contribution is 7.89. The zero-order valence-corrected chi connectivity index (χ0v) is 18.8. The van der Waals surface area contributed by atoms with E-state index in [-0.39, 0.29) is 22.6 Å². The van der Waals surface area contributed by atoms with Crippen molar-refractivity contribution in [3.63, 3.8) is 0 Å². The van der Waals surface area contributed by atoms with Crippen molar-refractivity contribution in [1.82, 2.24) is 9.62 Å². The van der Waals surface area contributed by atoms with Gasteiger partial charge in [-0.25, -0.2) is 8.42 Å². The van der Waals surface area contributed by atoms with Gasteiger partial charge in [-0.3, -0.25) is 4.79 Å². The number of fused-ring (bicyclic) bond motifs is 1. The van der Waals surface area contributed by atoms with Crippen LogP contribution in [0, 0.1) is 18.8 Å². The Bertz CT molecular complexity index is 992. The Hall–Kier alpha value is -1.86. The molecule has 1 aliphatic rings. The lowest BCUT2D eigenvalue weighted by molar-refractivity contribution is 0.0864. The van der Waals surface area contributed by atoms with Crippen LogP contribution in [0.5, 0.6) is 0 Å². The van der Waals surface area contributed by atoms with Crippen LogP contribution in [0.3, 0.4) is 0 Å². The predicted octanol–water partition coefficient (Wildman–Crippen LogP) is 4.33. The van der Waals surface area contributed by atoms with E-state index in [1.807, 2.05) is 20.8 Å². The number of aryl methyl sites for hydroxylation is 1. The monoisotopic (exact) mass is 420 g/mol. The third-order valence-corrected chi connectivity index (χ3v) is 8.53. The number of nitrogens with one attached hydrogen (secondary N) is 1. The molecule has 1 aromatic carbocycles. The van der Waals surface area contributed by atoms with Gasteiger partial charge in [-0.2, -0.15) is 4.31 Å². The summed E-state index contributed by atoms with van der Waals surface area (Å²) in [6, 6.07) is 4.94. The first-order chi connectivity index (χ1) is 13.7. The molecule has 0 aliphatic heterocycles. The Morgan fingerprint density at radius 2 is 1.90 bits per heavy atom. The fourth-order valence-electron chi connectivity index (χ4n) is 4.31. The van der Waals surface area contributed by atoms with Crippen molar-refractivity contribution in [2.75, 3.05) is 13.1 Å². The van der Waals surface area contributed by atoms with Crippen LogP contribution in [-0.4, -0.2) is 37.8 Å². The molecule has 6 nitrogen and oxygen atoms in total. The number of nitrogens with zero attached hydrogens (tertiary/aromatic N) is 1. The molecule has 1 heterocycles. The van der Waals surface area contributed by atoms with Crippen molar-refractivity contribution in [1.29, 1.82) is 0 Å². The minimum absolute atomic E-state index is 0.137. The van der Waals surface area contributed by atoms with Gasteiger partial charge in [0.2, 0.25) is 10.0 Å². The SMILES string of the molecule is CCN(CC)S(=O)(=O)c1ccc2oc(C(=O)N[C@@H]3CCC[C@@H](C)[C@H]3C)c(C)c2c1. The lowest BCUT2D eigenvalue weighted by Crippen LogP contribution is -2.43. The first-order valence-electron chi connectivity index (χ1n) is 10.5. The average Bonchev–Trinajstić information content (AvgIpc) is 3.02. The molecule has 0 unspecified atom stereocenters. The number of amides is 1. The van der Waals surface area contributed by atoms with Crippen LogP contribution in [0.25, 0.3) is 11.0 Å². The number of sulfonamides is 1. The topological polar surface area (TPSA) is 79.6 Å². The van der Waals surface area contributed by atoms with Gasteiger partial charge in [0.25, 0.3) is 5.91 Å². The molecule has 1 amide bonds. The third kappa shape index (κ3) is 4.08. The quantitative estimate of drug-likeness (QED) is 0.754. The molecular formula is C22H32N2O4S. The Labute approximate surface area is 173 Å². The molecule has 0 spiro atoms. The fraction of sp³-hybridized carbons (Fsp3) is 0.591. The first kappa shape index (κ1) is 21.8. The smallest absolute Gasteiger partial charge is 0.287 e. The van der Waals surface area contributed by atoms with Gasteiger partial charge in [-0.05, 0) is 43.4 Å². The molecule has 7 heteroatoms. The Morgan fingerprint density at radius 3 is 2.55 bits per heavy atom. The van der Waals surface area contributed by atoms with Crippen molar-refractivity contribution in [3.8, 4) is 0 Å². The summed E-state index contributed by atoms with van der Waals surface area (Å²) >= 11 is 0. The Balaban J connectivity index is 1.91. The maximum atomic E-state index is 12.9. The third-order valence-electron chi connectivity index (χ3n) is 6.48. The van der Waals surface area contributed by atoms with E-state index in [4.69, 9.17) is 4.42 Å². The second-order valence-electron chi connectivity index (χ2n) is 8.15. The van der Waals surface area contributed by atoms with Gasteiger partial charge in [0, 0.05) is 30.1 Å². The number of furan rings is 1. The molecule has 0 radical (unpaired) electrons. The zero-order chi connectivity index (χ0) is 21.3. The molecule has 1 N–H and O–H groups in total. The van der Waals surface area contributed by atoms with Crippen LogP contribution in [0.1, 0.15) is 63.1 Å². The Kier molecular flexibility index (Phi) is 6.39. The number of carbonyl (C=O) groups is 1. The molecule has 2 aromatic rings. The summed E-state index contributed by atoms with van der Waals surface area (Å²) in [6.45, 7) is 10.7. The highest BCUT2D eigenvalue weighted by atomic mass is 32.2. The van der Waals surface area contributed by atoms with E-state index in [9.17, 15) is 13.2 Å². The summed E-state index contributed by atoms with van der Waals surface area (Å²) in [5.74, 6) is 1.04. The van der Waals surface area contributed by atoms with E-state index in [0.717, 1.165) is 12.8 Å². The summed E-state index contributed by atoms with van der Waals surface area (Å²) < 4.78 is 32.9. The predicted molar refractivity (Wildman–Crippen MR) is 114 cm³/mol. The minimum Gasteiger partial charge on any atom is -0.451 e. The molecule has 1 fully saturated rings. The van der Waals surface area contributed by atoms with Gasteiger partial charge >= 0.3 is 0 Å².